The molecular weight excluding hydrogens is 272 g/mol. The minimum Gasteiger partial charge on any atom is -0.497 e. The van der Waals surface area contributed by atoms with Gasteiger partial charge in [-0.1, -0.05) is 6.58 Å². The number of aromatic nitrogens is 2. The number of halogens is 1. The molecule has 0 radical (unpaired) electrons. The van der Waals surface area contributed by atoms with E-state index in [0.29, 0.717) is 5.76 Å². The van der Waals surface area contributed by atoms with E-state index in [1.54, 1.807) is 18.7 Å². The van der Waals surface area contributed by atoms with Gasteiger partial charge in [0, 0.05) is 17.1 Å². The Labute approximate surface area is 101 Å². The Morgan fingerprint density at radius 3 is 2.88 bits per heavy atom. The Balaban J connectivity index is 2.78. The number of aryl methyl sites for hydroxylation is 1. The summed E-state index contributed by atoms with van der Waals surface area (Å²) < 4.78 is 7.48. The zero-order valence-corrected chi connectivity index (χ0v) is 10.6. The first-order valence-electron chi connectivity index (χ1n) is 4.66. The third kappa shape index (κ3) is 1.57. The number of methoxy groups -OCH3 is 1. The largest absolute Gasteiger partial charge is 0.497 e. The third-order valence-corrected chi connectivity index (χ3v) is 3.20. The Kier molecular flexibility index (Phi) is 2.63. The van der Waals surface area contributed by atoms with Crippen LogP contribution in [0.3, 0.4) is 0 Å². The van der Waals surface area contributed by atoms with E-state index in [-0.39, 0.29) is 5.69 Å². The highest BCUT2D eigenvalue weighted by atomic mass is 79.9. The van der Waals surface area contributed by atoms with Crippen molar-refractivity contribution in [2.24, 2.45) is 7.05 Å². The molecule has 1 heterocycles. The average Bonchev–Trinajstić information content (AvgIpc) is 2.52. The Hall–Kier alpha value is -1.49. The maximum Gasteiger partial charge on any atom is 0.326 e. The topological polar surface area (TPSA) is 47.0 Å². The molecule has 0 spiro atoms. The fourth-order valence-corrected chi connectivity index (χ4v) is 2.14. The zero-order valence-electron chi connectivity index (χ0n) is 9.00. The van der Waals surface area contributed by atoms with Crippen LogP contribution in [0.25, 0.3) is 16.8 Å². The predicted octanol–water partition coefficient (Wildman–Crippen LogP) is 2.25. The summed E-state index contributed by atoms with van der Waals surface area (Å²) in [5.74, 6) is 0.558. The summed E-state index contributed by atoms with van der Waals surface area (Å²) in [5, 5.41) is 0. The molecule has 1 aromatic carbocycles. The molecule has 0 bridgehead atoms. The van der Waals surface area contributed by atoms with Crippen LogP contribution in [0.1, 0.15) is 5.56 Å². The van der Waals surface area contributed by atoms with Gasteiger partial charge in [-0.2, -0.15) is 0 Å². The maximum atomic E-state index is 11.4. The van der Waals surface area contributed by atoms with Crippen LogP contribution in [0.2, 0.25) is 0 Å². The van der Waals surface area contributed by atoms with E-state index in [4.69, 9.17) is 4.74 Å². The predicted molar refractivity (Wildman–Crippen MR) is 67.3 cm³/mol. The van der Waals surface area contributed by atoms with Gasteiger partial charge in [-0.15, -0.1) is 0 Å². The molecule has 0 aliphatic heterocycles. The smallest absolute Gasteiger partial charge is 0.326 e. The van der Waals surface area contributed by atoms with Crippen molar-refractivity contribution >= 4 is 32.7 Å². The van der Waals surface area contributed by atoms with Gasteiger partial charge in [-0.25, -0.2) is 4.79 Å². The lowest BCUT2D eigenvalue weighted by Crippen LogP contribution is -2.11. The summed E-state index contributed by atoms with van der Waals surface area (Å²) in [5.41, 5.74) is 2.31. The lowest BCUT2D eigenvalue weighted by molar-refractivity contribution is 0.371. The number of aromatic amines is 1. The number of hydrogen-bond donors (Lipinski definition) is 1. The second-order valence-corrected chi connectivity index (χ2v) is 4.32. The summed E-state index contributed by atoms with van der Waals surface area (Å²) in [6, 6.07) is 3.71. The van der Waals surface area contributed by atoms with Crippen LogP contribution < -0.4 is 5.69 Å². The van der Waals surface area contributed by atoms with E-state index in [9.17, 15) is 4.79 Å². The molecule has 16 heavy (non-hydrogen) atoms. The monoisotopic (exact) mass is 282 g/mol. The van der Waals surface area contributed by atoms with Gasteiger partial charge < -0.3 is 9.72 Å². The molecule has 2 rings (SSSR count). The molecule has 2 aromatic rings. The van der Waals surface area contributed by atoms with Crippen molar-refractivity contribution < 1.29 is 4.74 Å². The molecule has 0 aliphatic rings. The lowest BCUT2D eigenvalue weighted by atomic mass is 10.2. The molecule has 0 unspecified atom stereocenters. The van der Waals surface area contributed by atoms with Gasteiger partial charge in [-0.3, -0.25) is 4.57 Å². The molecule has 0 saturated heterocycles. The average molecular weight is 283 g/mol. The highest BCUT2D eigenvalue weighted by molar-refractivity contribution is 9.10. The maximum absolute atomic E-state index is 11.4. The van der Waals surface area contributed by atoms with E-state index in [0.717, 1.165) is 21.1 Å². The van der Waals surface area contributed by atoms with Crippen LogP contribution in [-0.4, -0.2) is 16.7 Å². The Bertz CT molecular complexity index is 625. The molecule has 1 aromatic heterocycles. The highest BCUT2D eigenvalue weighted by Gasteiger charge is 2.10. The van der Waals surface area contributed by atoms with E-state index >= 15 is 0 Å². The van der Waals surface area contributed by atoms with Crippen molar-refractivity contribution in [2.45, 2.75) is 0 Å². The number of ether oxygens (including phenoxy) is 1. The normalized spacial score (nSPS) is 10.7. The first-order chi connectivity index (χ1) is 7.54. The van der Waals surface area contributed by atoms with Gasteiger partial charge >= 0.3 is 5.69 Å². The highest BCUT2D eigenvalue weighted by Crippen LogP contribution is 2.27. The van der Waals surface area contributed by atoms with Gasteiger partial charge in [0.25, 0.3) is 0 Å². The molecule has 84 valence electrons. The summed E-state index contributed by atoms with van der Waals surface area (Å²) in [7, 11) is 3.28. The molecule has 0 amide bonds. The number of H-pyrrole nitrogens is 1. The van der Waals surface area contributed by atoms with Gasteiger partial charge in [0.15, 0.2) is 0 Å². The van der Waals surface area contributed by atoms with Crippen LogP contribution in [0.15, 0.2) is 28.0 Å². The number of nitrogens with one attached hydrogen (secondary N) is 1. The van der Waals surface area contributed by atoms with Crippen molar-refractivity contribution in [1.29, 1.82) is 0 Å². The Morgan fingerprint density at radius 2 is 2.25 bits per heavy atom. The van der Waals surface area contributed by atoms with Gasteiger partial charge in [0.2, 0.25) is 0 Å². The van der Waals surface area contributed by atoms with Gasteiger partial charge in [-0.05, 0) is 28.1 Å². The van der Waals surface area contributed by atoms with Crippen LogP contribution >= 0.6 is 15.9 Å². The van der Waals surface area contributed by atoms with Crippen LogP contribution in [0, 0.1) is 0 Å². The number of benzene rings is 1. The minimum absolute atomic E-state index is 0.137. The fraction of sp³-hybridized carbons (Fsp3) is 0.182. The summed E-state index contributed by atoms with van der Waals surface area (Å²) >= 11 is 3.42. The van der Waals surface area contributed by atoms with E-state index < -0.39 is 0 Å². The van der Waals surface area contributed by atoms with Crippen LogP contribution in [0.5, 0.6) is 0 Å². The Morgan fingerprint density at radius 1 is 1.56 bits per heavy atom. The SMILES string of the molecule is C=C(OC)c1cc2c(cc1Br)[nH]c(=O)n2C. The number of nitrogens with zero attached hydrogens (tertiary/aromatic N) is 1. The van der Waals surface area contributed by atoms with Gasteiger partial charge in [0.05, 0.1) is 18.1 Å². The lowest BCUT2D eigenvalue weighted by Gasteiger charge is -2.07. The first-order valence-corrected chi connectivity index (χ1v) is 5.45. The molecule has 4 nitrogen and oxygen atoms in total. The van der Waals surface area contributed by atoms with Crippen molar-refractivity contribution in [3.63, 3.8) is 0 Å². The van der Waals surface area contributed by atoms with E-state index in [1.165, 1.54) is 0 Å². The summed E-state index contributed by atoms with van der Waals surface area (Å²) in [4.78, 5) is 14.2. The first kappa shape index (κ1) is 11.0. The van der Waals surface area contributed by atoms with Crippen LogP contribution in [0.4, 0.5) is 0 Å². The standard InChI is InChI=1S/C11H11BrN2O2/c1-6(16-3)7-4-10-9(5-8(7)12)13-11(15)14(10)2/h4-5H,1H2,2-3H3,(H,13,15). The van der Waals surface area contributed by atoms with Gasteiger partial charge in [0.1, 0.15) is 5.76 Å². The number of fused-ring (bicyclic) bond motifs is 1. The van der Waals surface area contributed by atoms with E-state index in [2.05, 4.69) is 27.5 Å². The van der Waals surface area contributed by atoms with Crippen molar-refractivity contribution in [2.75, 3.05) is 7.11 Å². The summed E-state index contributed by atoms with van der Waals surface area (Å²) in [6.07, 6.45) is 0. The van der Waals surface area contributed by atoms with Crippen molar-refractivity contribution in [3.05, 3.63) is 39.2 Å². The number of imidazole rings is 1. The third-order valence-electron chi connectivity index (χ3n) is 2.54. The molecule has 5 heteroatoms. The molecule has 0 atom stereocenters. The van der Waals surface area contributed by atoms with Crippen molar-refractivity contribution in [1.82, 2.24) is 9.55 Å². The molecule has 0 saturated carbocycles. The molecule has 0 fully saturated rings. The van der Waals surface area contributed by atoms with Crippen molar-refractivity contribution in [3.8, 4) is 0 Å². The second-order valence-electron chi connectivity index (χ2n) is 3.47. The molecule has 1 N–H and O–H groups in total. The zero-order chi connectivity index (χ0) is 11.9. The van der Waals surface area contributed by atoms with Crippen LogP contribution in [-0.2, 0) is 11.8 Å². The molecule has 0 aliphatic carbocycles. The van der Waals surface area contributed by atoms with E-state index in [1.807, 2.05) is 12.1 Å². The quantitative estimate of drug-likeness (QED) is 0.859. The molecular formula is C11H11BrN2O2. The number of rotatable bonds is 2. The number of hydrogen-bond acceptors (Lipinski definition) is 2. The fourth-order valence-electron chi connectivity index (χ4n) is 1.57. The second kappa shape index (κ2) is 3.83. The summed E-state index contributed by atoms with van der Waals surface area (Å²) in [6.45, 7) is 3.80. The minimum atomic E-state index is -0.137.